The number of carbonyl (C=O) groups is 1. The largest absolute Gasteiger partial charge is 0.487 e. The number of pyridine rings is 1. The molecule has 5 heteroatoms. The van der Waals surface area contributed by atoms with Crippen LogP contribution in [0.3, 0.4) is 0 Å². The van der Waals surface area contributed by atoms with Crippen LogP contribution in [-0.2, 0) is 6.61 Å². The Morgan fingerprint density at radius 1 is 1.03 bits per heavy atom. The maximum atomic E-state index is 11.7. The van der Waals surface area contributed by atoms with Crippen LogP contribution in [0.2, 0.25) is 0 Å². The third kappa shape index (κ3) is 4.16. The number of benzene rings is 3. The SMILES string of the molecule is Cc1cccc(C(S)c2cccc(OCc3ccc4ccccc4n3)c2)c1C(=O)O. The van der Waals surface area contributed by atoms with Gasteiger partial charge in [-0.3, -0.25) is 0 Å². The molecule has 4 nitrogen and oxygen atoms in total. The summed E-state index contributed by atoms with van der Waals surface area (Å²) in [6, 6.07) is 25.0. The summed E-state index contributed by atoms with van der Waals surface area (Å²) in [5.74, 6) is -0.261. The smallest absolute Gasteiger partial charge is 0.336 e. The number of aromatic nitrogens is 1. The molecule has 0 bridgehead atoms. The van der Waals surface area contributed by atoms with E-state index in [-0.39, 0.29) is 5.25 Å². The van der Waals surface area contributed by atoms with Crippen LogP contribution in [-0.4, -0.2) is 16.1 Å². The molecule has 1 atom stereocenters. The van der Waals surface area contributed by atoms with Gasteiger partial charge in [-0.25, -0.2) is 9.78 Å². The zero-order chi connectivity index (χ0) is 21.1. The number of hydrogen-bond donors (Lipinski definition) is 2. The van der Waals surface area contributed by atoms with E-state index in [1.165, 1.54) is 0 Å². The van der Waals surface area contributed by atoms with Crippen molar-refractivity contribution in [1.29, 1.82) is 0 Å². The van der Waals surface area contributed by atoms with Gasteiger partial charge in [0.1, 0.15) is 12.4 Å². The molecule has 1 aromatic heterocycles. The van der Waals surface area contributed by atoms with Gasteiger partial charge in [-0.15, -0.1) is 0 Å². The van der Waals surface area contributed by atoms with Crippen molar-refractivity contribution in [3.63, 3.8) is 0 Å². The Morgan fingerprint density at radius 2 is 1.83 bits per heavy atom. The second kappa shape index (κ2) is 8.59. The Balaban J connectivity index is 1.55. The average molecular weight is 416 g/mol. The molecule has 30 heavy (non-hydrogen) atoms. The van der Waals surface area contributed by atoms with E-state index in [1.54, 1.807) is 19.1 Å². The zero-order valence-electron chi connectivity index (χ0n) is 16.4. The molecule has 0 aliphatic rings. The third-order valence-corrected chi connectivity index (χ3v) is 5.61. The molecule has 150 valence electrons. The lowest BCUT2D eigenvalue weighted by atomic mass is 9.95. The van der Waals surface area contributed by atoms with Crippen LogP contribution in [0.1, 0.15) is 38.0 Å². The monoisotopic (exact) mass is 415 g/mol. The number of fused-ring (bicyclic) bond motifs is 1. The van der Waals surface area contributed by atoms with Crippen LogP contribution in [0.25, 0.3) is 10.9 Å². The van der Waals surface area contributed by atoms with Crippen LogP contribution >= 0.6 is 12.6 Å². The molecule has 0 aliphatic carbocycles. The molecule has 4 rings (SSSR count). The molecule has 1 N–H and O–H groups in total. The van der Waals surface area contributed by atoms with E-state index in [0.717, 1.165) is 22.2 Å². The first-order valence-electron chi connectivity index (χ1n) is 9.61. The standard InChI is InChI=1S/C25H21NO3S/c1-16-6-4-10-21(23(16)25(27)28)24(30)18-8-5-9-20(14-18)29-15-19-13-12-17-7-2-3-11-22(17)26-19/h2-14,24,30H,15H2,1H3,(H,27,28). The van der Waals surface area contributed by atoms with Crippen molar-refractivity contribution in [2.45, 2.75) is 18.8 Å². The fraction of sp³-hybridized carbons (Fsp3) is 0.120. The van der Waals surface area contributed by atoms with Gasteiger partial charge in [0, 0.05) is 5.39 Å². The summed E-state index contributed by atoms with van der Waals surface area (Å²) >= 11 is 4.72. The highest BCUT2D eigenvalue weighted by atomic mass is 32.1. The summed E-state index contributed by atoms with van der Waals surface area (Å²) < 4.78 is 5.96. The number of carboxylic acid groups (broad SMARTS) is 1. The lowest BCUT2D eigenvalue weighted by Crippen LogP contribution is -2.08. The first-order valence-corrected chi connectivity index (χ1v) is 10.1. The van der Waals surface area contributed by atoms with Crippen molar-refractivity contribution in [3.8, 4) is 5.75 Å². The van der Waals surface area contributed by atoms with Crippen LogP contribution < -0.4 is 4.74 Å². The summed E-state index contributed by atoms with van der Waals surface area (Å²) in [7, 11) is 0. The van der Waals surface area contributed by atoms with Crippen molar-refractivity contribution in [3.05, 3.63) is 107 Å². The second-order valence-corrected chi connectivity index (χ2v) is 7.62. The number of aromatic carboxylic acids is 1. The quantitative estimate of drug-likeness (QED) is 0.389. The first kappa shape index (κ1) is 20.0. The lowest BCUT2D eigenvalue weighted by Gasteiger charge is -2.17. The van der Waals surface area contributed by atoms with Gasteiger partial charge in [0.25, 0.3) is 0 Å². The minimum Gasteiger partial charge on any atom is -0.487 e. The van der Waals surface area contributed by atoms with Crippen molar-refractivity contribution in [2.75, 3.05) is 0 Å². The summed E-state index contributed by atoms with van der Waals surface area (Å²) in [6.07, 6.45) is 0. The molecule has 3 aromatic carbocycles. The molecule has 0 spiro atoms. The van der Waals surface area contributed by atoms with Gasteiger partial charge in [0.2, 0.25) is 0 Å². The lowest BCUT2D eigenvalue weighted by molar-refractivity contribution is 0.0695. The Labute approximate surface area is 180 Å². The molecule has 0 amide bonds. The Morgan fingerprint density at radius 3 is 2.67 bits per heavy atom. The van der Waals surface area contributed by atoms with Crippen LogP contribution in [0, 0.1) is 6.92 Å². The highest BCUT2D eigenvalue weighted by Gasteiger charge is 2.20. The second-order valence-electron chi connectivity index (χ2n) is 7.10. The summed E-state index contributed by atoms with van der Waals surface area (Å²) in [5.41, 5.74) is 4.32. The number of thiol groups is 1. The van der Waals surface area contributed by atoms with Crippen molar-refractivity contribution in [2.24, 2.45) is 0 Å². The van der Waals surface area contributed by atoms with Crippen LogP contribution in [0.5, 0.6) is 5.75 Å². The van der Waals surface area contributed by atoms with Gasteiger partial charge >= 0.3 is 5.97 Å². The highest BCUT2D eigenvalue weighted by molar-refractivity contribution is 7.80. The average Bonchev–Trinajstić information content (AvgIpc) is 2.77. The van der Waals surface area contributed by atoms with E-state index in [0.29, 0.717) is 29.0 Å². The fourth-order valence-corrected chi connectivity index (χ4v) is 3.89. The van der Waals surface area contributed by atoms with E-state index < -0.39 is 5.97 Å². The minimum atomic E-state index is -0.947. The predicted molar refractivity (Wildman–Crippen MR) is 121 cm³/mol. The Hall–Kier alpha value is -3.31. The molecule has 1 heterocycles. The summed E-state index contributed by atoms with van der Waals surface area (Å²) in [4.78, 5) is 16.4. The molecule has 0 aliphatic heterocycles. The maximum absolute atomic E-state index is 11.7. The van der Waals surface area contributed by atoms with E-state index in [2.05, 4.69) is 4.98 Å². The molecular weight excluding hydrogens is 394 g/mol. The molecule has 0 saturated heterocycles. The van der Waals surface area contributed by atoms with E-state index in [1.807, 2.05) is 66.7 Å². The number of nitrogens with zero attached hydrogens (tertiary/aromatic N) is 1. The first-order chi connectivity index (χ1) is 14.5. The predicted octanol–water partition coefficient (Wildman–Crippen LogP) is 5.84. The molecule has 1 unspecified atom stereocenters. The molecule has 4 aromatic rings. The van der Waals surface area contributed by atoms with Gasteiger partial charge in [-0.2, -0.15) is 12.6 Å². The fourth-order valence-electron chi connectivity index (χ4n) is 3.51. The number of carboxylic acids is 1. The normalized spacial score (nSPS) is 11.9. The minimum absolute atomic E-state index is 0.296. The maximum Gasteiger partial charge on any atom is 0.336 e. The van der Waals surface area contributed by atoms with E-state index in [9.17, 15) is 9.90 Å². The van der Waals surface area contributed by atoms with Crippen molar-refractivity contribution in [1.82, 2.24) is 4.98 Å². The van der Waals surface area contributed by atoms with Crippen LogP contribution in [0.15, 0.2) is 78.9 Å². The molecule has 0 fully saturated rings. The van der Waals surface area contributed by atoms with Gasteiger partial charge in [-0.1, -0.05) is 54.6 Å². The number of ether oxygens (including phenoxy) is 1. The van der Waals surface area contributed by atoms with Gasteiger partial charge < -0.3 is 9.84 Å². The molecular formula is C25H21NO3S. The topological polar surface area (TPSA) is 59.4 Å². The Bertz CT molecular complexity index is 1220. The number of hydrogen-bond acceptors (Lipinski definition) is 4. The summed E-state index contributed by atoms with van der Waals surface area (Å²) in [6.45, 7) is 2.14. The van der Waals surface area contributed by atoms with Crippen molar-refractivity contribution >= 4 is 29.5 Å². The van der Waals surface area contributed by atoms with Crippen molar-refractivity contribution < 1.29 is 14.6 Å². The molecule has 0 radical (unpaired) electrons. The Kier molecular flexibility index (Phi) is 5.72. The van der Waals surface area contributed by atoms with E-state index >= 15 is 0 Å². The zero-order valence-corrected chi connectivity index (χ0v) is 17.3. The van der Waals surface area contributed by atoms with Gasteiger partial charge in [-0.05, 0) is 47.9 Å². The number of para-hydroxylation sites is 1. The molecule has 0 saturated carbocycles. The number of aryl methyl sites for hydroxylation is 1. The number of rotatable bonds is 6. The van der Waals surface area contributed by atoms with Gasteiger partial charge in [0.15, 0.2) is 0 Å². The van der Waals surface area contributed by atoms with Gasteiger partial charge in [0.05, 0.1) is 22.0 Å². The highest BCUT2D eigenvalue weighted by Crippen LogP contribution is 2.33. The third-order valence-electron chi connectivity index (χ3n) is 5.03. The van der Waals surface area contributed by atoms with Crippen LogP contribution in [0.4, 0.5) is 0 Å². The summed E-state index contributed by atoms with van der Waals surface area (Å²) in [5, 5.41) is 10.3. The van der Waals surface area contributed by atoms with E-state index in [4.69, 9.17) is 17.4 Å².